The van der Waals surface area contributed by atoms with E-state index in [1.54, 1.807) is 4.57 Å². The van der Waals surface area contributed by atoms with Gasteiger partial charge in [-0.1, -0.05) is 50.1 Å². The van der Waals surface area contributed by atoms with Gasteiger partial charge in [0.2, 0.25) is 5.78 Å². The lowest BCUT2D eigenvalue weighted by atomic mass is 9.86. The molecule has 1 saturated carbocycles. The van der Waals surface area contributed by atoms with Crippen molar-refractivity contribution in [1.82, 2.24) is 19.2 Å². The molecule has 2 aromatic heterocycles. The van der Waals surface area contributed by atoms with Crippen LogP contribution >= 0.6 is 11.8 Å². The largest absolute Gasteiger partial charge is 0.389 e. The molecule has 1 aliphatic rings. The van der Waals surface area contributed by atoms with Crippen molar-refractivity contribution < 1.29 is 5.11 Å². The Labute approximate surface area is 156 Å². The summed E-state index contributed by atoms with van der Waals surface area (Å²) in [6.45, 7) is 2.66. The van der Waals surface area contributed by atoms with Crippen molar-refractivity contribution in [3.05, 3.63) is 34.6 Å². The third kappa shape index (κ3) is 3.03. The highest BCUT2D eigenvalue weighted by Gasteiger charge is 2.30. The van der Waals surface area contributed by atoms with E-state index in [0.29, 0.717) is 23.5 Å². The smallest absolute Gasteiger partial charge is 0.262 e. The molecule has 3 aromatic rings. The summed E-state index contributed by atoms with van der Waals surface area (Å²) in [6.07, 6.45) is 5.90. The molecule has 0 atom stereocenters. The third-order valence-corrected chi connectivity index (χ3v) is 6.38. The summed E-state index contributed by atoms with van der Waals surface area (Å²) in [5, 5.41) is 20.9. The van der Waals surface area contributed by atoms with E-state index in [1.165, 1.54) is 18.2 Å². The Morgan fingerprint density at radius 3 is 2.73 bits per heavy atom. The summed E-state index contributed by atoms with van der Waals surface area (Å²) in [5.41, 5.74) is 0.176. The van der Waals surface area contributed by atoms with Gasteiger partial charge in [-0.3, -0.25) is 13.8 Å². The zero-order valence-electron chi connectivity index (χ0n) is 15.0. The molecule has 0 saturated heterocycles. The molecule has 0 radical (unpaired) electrons. The Bertz CT molecular complexity index is 988. The van der Waals surface area contributed by atoms with Crippen molar-refractivity contribution in [3.63, 3.8) is 0 Å². The van der Waals surface area contributed by atoms with Crippen LogP contribution in [0.5, 0.6) is 0 Å². The Morgan fingerprint density at radius 2 is 1.96 bits per heavy atom. The number of rotatable bonds is 5. The molecule has 2 heterocycles. The van der Waals surface area contributed by atoms with E-state index in [0.717, 1.165) is 42.8 Å². The highest BCUT2D eigenvalue weighted by molar-refractivity contribution is 7.99. The van der Waals surface area contributed by atoms with E-state index in [4.69, 9.17) is 0 Å². The van der Waals surface area contributed by atoms with Gasteiger partial charge in [0.15, 0.2) is 5.16 Å². The van der Waals surface area contributed by atoms with Crippen LogP contribution in [0.25, 0.3) is 16.7 Å². The minimum atomic E-state index is -0.623. The number of thioether (sulfide) groups is 1. The average molecular weight is 372 g/mol. The lowest BCUT2D eigenvalue weighted by molar-refractivity contribution is 0.0272. The summed E-state index contributed by atoms with van der Waals surface area (Å²) in [7, 11) is 0. The monoisotopic (exact) mass is 372 g/mol. The lowest BCUT2D eigenvalue weighted by Crippen LogP contribution is -2.34. The Morgan fingerprint density at radius 1 is 1.19 bits per heavy atom. The number of benzene rings is 1. The van der Waals surface area contributed by atoms with Gasteiger partial charge in [-0.15, -0.1) is 10.2 Å². The van der Waals surface area contributed by atoms with E-state index in [2.05, 4.69) is 10.2 Å². The van der Waals surface area contributed by atoms with E-state index < -0.39 is 5.60 Å². The Hall–Kier alpha value is -1.86. The van der Waals surface area contributed by atoms with Crippen LogP contribution in [-0.2, 0) is 6.54 Å². The summed E-state index contributed by atoms with van der Waals surface area (Å²) >= 11 is 1.53. The molecule has 0 bridgehead atoms. The quantitative estimate of drug-likeness (QED) is 0.696. The first-order valence-electron chi connectivity index (χ1n) is 9.35. The van der Waals surface area contributed by atoms with Gasteiger partial charge in [0.05, 0.1) is 16.5 Å². The van der Waals surface area contributed by atoms with Crippen molar-refractivity contribution in [2.24, 2.45) is 0 Å². The van der Waals surface area contributed by atoms with Gasteiger partial charge in [0.25, 0.3) is 5.56 Å². The van der Waals surface area contributed by atoms with E-state index in [1.807, 2.05) is 35.6 Å². The van der Waals surface area contributed by atoms with Crippen molar-refractivity contribution in [2.75, 3.05) is 5.75 Å². The van der Waals surface area contributed by atoms with Crippen LogP contribution in [0.4, 0.5) is 0 Å². The second kappa shape index (κ2) is 7.04. The van der Waals surface area contributed by atoms with E-state index in [-0.39, 0.29) is 5.56 Å². The average Bonchev–Trinajstić information content (AvgIpc) is 3.08. The zero-order chi connectivity index (χ0) is 18.1. The molecule has 1 fully saturated rings. The SMILES string of the molecule is CCCn1c(=O)c2ccccc2n2c(SCC3(O)CCCCC3)nnc12. The molecule has 1 aliphatic carbocycles. The van der Waals surface area contributed by atoms with Crippen LogP contribution in [0.3, 0.4) is 0 Å². The molecule has 1 aromatic carbocycles. The topological polar surface area (TPSA) is 72.4 Å². The van der Waals surface area contributed by atoms with Crippen LogP contribution < -0.4 is 5.56 Å². The van der Waals surface area contributed by atoms with E-state index >= 15 is 0 Å². The summed E-state index contributed by atoms with van der Waals surface area (Å²) < 4.78 is 3.66. The van der Waals surface area contributed by atoms with Crippen LogP contribution in [0.2, 0.25) is 0 Å². The van der Waals surface area contributed by atoms with Gasteiger partial charge in [-0.2, -0.15) is 0 Å². The summed E-state index contributed by atoms with van der Waals surface area (Å²) in [5.74, 6) is 1.18. The van der Waals surface area contributed by atoms with Crippen LogP contribution in [0.15, 0.2) is 34.2 Å². The maximum atomic E-state index is 12.8. The fourth-order valence-electron chi connectivity index (χ4n) is 3.81. The molecule has 4 rings (SSSR count). The van der Waals surface area contributed by atoms with Crippen molar-refractivity contribution in [3.8, 4) is 0 Å². The molecule has 0 aliphatic heterocycles. The molecule has 138 valence electrons. The molecular weight excluding hydrogens is 348 g/mol. The highest BCUT2D eigenvalue weighted by atomic mass is 32.2. The molecular formula is C19H24N4O2S. The van der Waals surface area contributed by atoms with Gasteiger partial charge in [-0.05, 0) is 31.4 Å². The summed E-state index contributed by atoms with van der Waals surface area (Å²) in [4.78, 5) is 12.8. The van der Waals surface area contributed by atoms with Gasteiger partial charge in [-0.25, -0.2) is 0 Å². The van der Waals surface area contributed by atoms with Gasteiger partial charge < -0.3 is 5.11 Å². The van der Waals surface area contributed by atoms with Crippen LogP contribution in [0, 0.1) is 0 Å². The van der Waals surface area contributed by atoms with Crippen molar-refractivity contribution in [2.45, 2.75) is 62.8 Å². The first kappa shape index (κ1) is 17.5. The fourth-order valence-corrected chi connectivity index (χ4v) is 4.90. The molecule has 0 amide bonds. The first-order valence-corrected chi connectivity index (χ1v) is 10.3. The normalized spacial score (nSPS) is 17.2. The number of fused-ring (bicyclic) bond motifs is 3. The Kier molecular flexibility index (Phi) is 4.75. The second-order valence-corrected chi connectivity index (χ2v) is 8.11. The van der Waals surface area contributed by atoms with Crippen molar-refractivity contribution in [1.29, 1.82) is 0 Å². The Balaban J connectivity index is 1.80. The molecule has 26 heavy (non-hydrogen) atoms. The number of hydrogen-bond acceptors (Lipinski definition) is 5. The van der Waals surface area contributed by atoms with Crippen LogP contribution in [0.1, 0.15) is 45.4 Å². The minimum absolute atomic E-state index is 0.0233. The van der Waals surface area contributed by atoms with E-state index in [9.17, 15) is 9.90 Å². The molecule has 1 N–H and O–H groups in total. The predicted molar refractivity (Wildman–Crippen MR) is 104 cm³/mol. The predicted octanol–water partition coefficient (Wildman–Crippen LogP) is 3.24. The maximum absolute atomic E-state index is 12.8. The lowest BCUT2D eigenvalue weighted by Gasteiger charge is -2.31. The fraction of sp³-hybridized carbons (Fsp3) is 0.526. The molecule has 6 nitrogen and oxygen atoms in total. The minimum Gasteiger partial charge on any atom is -0.389 e. The number of aromatic nitrogens is 4. The van der Waals surface area contributed by atoms with Crippen molar-refractivity contribution >= 4 is 28.4 Å². The molecule has 0 spiro atoms. The zero-order valence-corrected chi connectivity index (χ0v) is 15.8. The van der Waals surface area contributed by atoms with Gasteiger partial charge >= 0.3 is 0 Å². The molecule has 7 heteroatoms. The number of hydrogen-bond donors (Lipinski definition) is 1. The molecule has 0 unspecified atom stereocenters. The number of para-hydroxylation sites is 1. The maximum Gasteiger partial charge on any atom is 0.262 e. The first-order chi connectivity index (χ1) is 12.6. The summed E-state index contributed by atoms with van der Waals surface area (Å²) in [6, 6.07) is 7.59. The number of aryl methyl sites for hydroxylation is 1. The highest BCUT2D eigenvalue weighted by Crippen LogP contribution is 2.33. The second-order valence-electron chi connectivity index (χ2n) is 7.17. The van der Waals surface area contributed by atoms with Gasteiger partial charge in [0, 0.05) is 12.3 Å². The number of aliphatic hydroxyl groups is 1. The standard InChI is InChI=1S/C19H24N4O2S/c1-2-12-22-16(24)14-8-4-5-9-15(14)23-17(22)20-21-18(23)26-13-19(25)10-6-3-7-11-19/h4-5,8-9,25H,2-3,6-7,10-13H2,1H3. The van der Waals surface area contributed by atoms with Gasteiger partial charge in [0.1, 0.15) is 0 Å². The number of nitrogens with zero attached hydrogens (tertiary/aromatic N) is 4. The van der Waals surface area contributed by atoms with Crippen LogP contribution in [-0.4, -0.2) is 35.6 Å². The third-order valence-electron chi connectivity index (χ3n) is 5.18.